The Morgan fingerprint density at radius 1 is 1.50 bits per heavy atom. The second-order valence-electron chi connectivity index (χ2n) is 3.14. The average molecular weight is 219 g/mol. The number of hydrogen-bond acceptors (Lipinski definition) is 5. The highest BCUT2D eigenvalue weighted by atomic mass is 16.4. The Labute approximate surface area is 90.4 Å². The number of carboxylic acid groups (broad SMARTS) is 1. The number of imidazole rings is 1. The number of nitrogen functional groups attached to an aromatic ring is 1. The lowest BCUT2D eigenvalue weighted by molar-refractivity contribution is 0.0696. The summed E-state index contributed by atoms with van der Waals surface area (Å²) >= 11 is 0. The number of H-pyrrole nitrogens is 1. The number of hydrogen-bond donors (Lipinski definition) is 3. The van der Waals surface area contributed by atoms with Crippen LogP contribution in [0.1, 0.15) is 16.1 Å². The second kappa shape index (κ2) is 3.61. The number of carbonyl (C=O) groups is 1. The molecule has 0 fully saturated rings. The third-order valence-electron chi connectivity index (χ3n) is 2.04. The van der Waals surface area contributed by atoms with Crippen LogP contribution in [-0.2, 0) is 0 Å². The summed E-state index contributed by atoms with van der Waals surface area (Å²) in [4.78, 5) is 25.6. The zero-order valence-electron chi connectivity index (χ0n) is 8.43. The number of aromatic amines is 1. The van der Waals surface area contributed by atoms with Crippen molar-refractivity contribution in [2.24, 2.45) is 0 Å². The van der Waals surface area contributed by atoms with E-state index >= 15 is 0 Å². The molecule has 0 atom stereocenters. The molecule has 0 radical (unpaired) electrons. The van der Waals surface area contributed by atoms with Crippen LogP contribution in [0.2, 0.25) is 0 Å². The first-order valence-electron chi connectivity index (χ1n) is 4.46. The number of rotatable bonds is 2. The van der Waals surface area contributed by atoms with E-state index in [1.54, 1.807) is 19.3 Å². The topological polar surface area (TPSA) is 118 Å². The molecule has 82 valence electrons. The lowest BCUT2D eigenvalue weighted by Gasteiger charge is -2.05. The smallest absolute Gasteiger partial charge is 0.341 e. The van der Waals surface area contributed by atoms with Gasteiger partial charge in [-0.05, 0) is 6.92 Å². The zero-order valence-corrected chi connectivity index (χ0v) is 8.43. The fourth-order valence-electron chi connectivity index (χ4n) is 1.35. The van der Waals surface area contributed by atoms with Crippen molar-refractivity contribution in [3.05, 3.63) is 23.7 Å². The fraction of sp³-hybridized carbons (Fsp3) is 0.111. The van der Waals surface area contributed by atoms with Crippen LogP contribution in [0.3, 0.4) is 0 Å². The SMILES string of the molecule is Cc1nc(-c2ncc[nH]2)nc(N)c1C(=O)O. The number of anilines is 1. The van der Waals surface area contributed by atoms with Gasteiger partial charge in [-0.3, -0.25) is 0 Å². The number of aryl methyl sites for hydroxylation is 1. The molecule has 0 bridgehead atoms. The van der Waals surface area contributed by atoms with E-state index in [0.717, 1.165) is 0 Å². The standard InChI is InChI=1S/C9H9N5O2/c1-4-5(9(15)16)6(10)14-8(13-4)7-11-2-3-12-7/h2-3H,1H3,(H,11,12)(H,15,16)(H2,10,13,14). The normalized spacial score (nSPS) is 10.3. The zero-order chi connectivity index (χ0) is 11.7. The highest BCUT2D eigenvalue weighted by Gasteiger charge is 2.16. The molecule has 2 aromatic rings. The molecule has 0 saturated heterocycles. The van der Waals surface area contributed by atoms with Gasteiger partial charge in [-0.15, -0.1) is 0 Å². The summed E-state index contributed by atoms with van der Waals surface area (Å²) in [7, 11) is 0. The molecular formula is C9H9N5O2. The summed E-state index contributed by atoms with van der Waals surface area (Å²) in [6, 6.07) is 0. The molecule has 0 spiro atoms. The molecular weight excluding hydrogens is 210 g/mol. The summed E-state index contributed by atoms with van der Waals surface area (Å²) in [6.45, 7) is 1.56. The van der Waals surface area contributed by atoms with Crippen molar-refractivity contribution in [1.29, 1.82) is 0 Å². The van der Waals surface area contributed by atoms with Gasteiger partial charge >= 0.3 is 5.97 Å². The van der Waals surface area contributed by atoms with Gasteiger partial charge in [-0.1, -0.05) is 0 Å². The minimum absolute atomic E-state index is 0.0635. The number of aromatic nitrogens is 4. The van der Waals surface area contributed by atoms with E-state index in [1.165, 1.54) is 0 Å². The van der Waals surface area contributed by atoms with Crippen molar-refractivity contribution in [2.75, 3.05) is 5.73 Å². The highest BCUT2D eigenvalue weighted by Crippen LogP contribution is 2.17. The third kappa shape index (κ3) is 1.58. The van der Waals surface area contributed by atoms with Gasteiger partial charge in [0.15, 0.2) is 11.6 Å². The van der Waals surface area contributed by atoms with E-state index in [4.69, 9.17) is 10.8 Å². The maximum atomic E-state index is 10.9. The maximum Gasteiger partial charge on any atom is 0.341 e. The quantitative estimate of drug-likeness (QED) is 0.675. The Kier molecular flexibility index (Phi) is 2.28. The number of carboxylic acids is 1. The van der Waals surface area contributed by atoms with Crippen LogP contribution in [0.4, 0.5) is 5.82 Å². The lowest BCUT2D eigenvalue weighted by atomic mass is 10.2. The number of nitrogens with two attached hydrogens (primary N) is 1. The first-order chi connectivity index (χ1) is 7.59. The molecule has 0 aliphatic heterocycles. The van der Waals surface area contributed by atoms with Crippen molar-refractivity contribution in [3.8, 4) is 11.6 Å². The molecule has 2 heterocycles. The number of aromatic carboxylic acids is 1. The summed E-state index contributed by atoms with van der Waals surface area (Å²) in [6.07, 6.45) is 3.17. The van der Waals surface area contributed by atoms with E-state index in [1.807, 2.05) is 0 Å². The van der Waals surface area contributed by atoms with Crippen LogP contribution in [-0.4, -0.2) is 31.0 Å². The van der Waals surface area contributed by atoms with Crippen LogP contribution in [0, 0.1) is 6.92 Å². The Balaban J connectivity index is 2.58. The van der Waals surface area contributed by atoms with Gasteiger partial charge < -0.3 is 15.8 Å². The predicted molar refractivity (Wildman–Crippen MR) is 55.7 cm³/mol. The molecule has 7 nitrogen and oxygen atoms in total. The van der Waals surface area contributed by atoms with Gasteiger partial charge in [-0.25, -0.2) is 19.7 Å². The first kappa shape index (κ1) is 10.1. The minimum Gasteiger partial charge on any atom is -0.477 e. The molecule has 4 N–H and O–H groups in total. The summed E-state index contributed by atoms with van der Waals surface area (Å²) in [5.74, 6) is -0.468. The predicted octanol–water partition coefficient (Wildman–Crippen LogP) is 0.456. The monoisotopic (exact) mass is 219 g/mol. The third-order valence-corrected chi connectivity index (χ3v) is 2.04. The van der Waals surface area contributed by atoms with Crippen molar-refractivity contribution in [3.63, 3.8) is 0 Å². The van der Waals surface area contributed by atoms with E-state index in [9.17, 15) is 4.79 Å². The van der Waals surface area contributed by atoms with Crippen molar-refractivity contribution in [1.82, 2.24) is 19.9 Å². The Morgan fingerprint density at radius 2 is 2.25 bits per heavy atom. The van der Waals surface area contributed by atoms with Gasteiger partial charge in [0.1, 0.15) is 11.4 Å². The van der Waals surface area contributed by atoms with E-state index < -0.39 is 5.97 Å². The molecule has 0 aliphatic rings. The summed E-state index contributed by atoms with van der Waals surface area (Å²) in [5.41, 5.74) is 5.79. The molecule has 0 aromatic carbocycles. The molecule has 0 aliphatic carbocycles. The summed E-state index contributed by atoms with van der Waals surface area (Å²) < 4.78 is 0. The van der Waals surface area contributed by atoms with Gasteiger partial charge in [0.25, 0.3) is 0 Å². The van der Waals surface area contributed by atoms with Crippen LogP contribution in [0.25, 0.3) is 11.6 Å². The minimum atomic E-state index is -1.14. The van der Waals surface area contributed by atoms with E-state index in [0.29, 0.717) is 11.5 Å². The molecule has 16 heavy (non-hydrogen) atoms. The lowest BCUT2D eigenvalue weighted by Crippen LogP contribution is -2.10. The molecule has 0 unspecified atom stereocenters. The van der Waals surface area contributed by atoms with Gasteiger partial charge in [0, 0.05) is 12.4 Å². The molecule has 0 amide bonds. The molecule has 2 rings (SSSR count). The maximum absolute atomic E-state index is 10.9. The van der Waals surface area contributed by atoms with Gasteiger partial charge in [0.2, 0.25) is 0 Å². The van der Waals surface area contributed by atoms with Gasteiger partial charge in [0.05, 0.1) is 5.69 Å². The van der Waals surface area contributed by atoms with Crippen LogP contribution in [0.15, 0.2) is 12.4 Å². The Hall–Kier alpha value is -2.44. The second-order valence-corrected chi connectivity index (χ2v) is 3.14. The number of nitrogens with zero attached hydrogens (tertiary/aromatic N) is 3. The summed E-state index contributed by atoms with van der Waals surface area (Å²) in [5, 5.41) is 8.88. The largest absolute Gasteiger partial charge is 0.477 e. The van der Waals surface area contributed by atoms with Crippen LogP contribution in [0.5, 0.6) is 0 Å². The Bertz CT molecular complexity index is 512. The highest BCUT2D eigenvalue weighted by molar-refractivity contribution is 5.93. The fourth-order valence-corrected chi connectivity index (χ4v) is 1.35. The first-order valence-corrected chi connectivity index (χ1v) is 4.46. The van der Waals surface area contributed by atoms with Crippen molar-refractivity contribution in [2.45, 2.75) is 6.92 Å². The molecule has 2 aromatic heterocycles. The van der Waals surface area contributed by atoms with Crippen LogP contribution >= 0.6 is 0 Å². The molecule has 7 heteroatoms. The van der Waals surface area contributed by atoms with Crippen molar-refractivity contribution >= 4 is 11.8 Å². The van der Waals surface area contributed by atoms with Crippen molar-refractivity contribution < 1.29 is 9.90 Å². The van der Waals surface area contributed by atoms with Gasteiger partial charge in [-0.2, -0.15) is 0 Å². The Morgan fingerprint density at radius 3 is 2.75 bits per heavy atom. The van der Waals surface area contributed by atoms with E-state index in [2.05, 4.69) is 19.9 Å². The molecule has 0 saturated carbocycles. The van der Waals surface area contributed by atoms with Crippen LogP contribution < -0.4 is 5.73 Å². The number of nitrogens with one attached hydrogen (secondary N) is 1. The average Bonchev–Trinajstić information content (AvgIpc) is 2.67. The van der Waals surface area contributed by atoms with E-state index in [-0.39, 0.29) is 17.2 Å².